The molecular formula is C19H25NO4. The third-order valence-corrected chi connectivity index (χ3v) is 5.25. The Balaban J connectivity index is 1.96. The van der Waals surface area contributed by atoms with Crippen molar-refractivity contribution in [3.8, 4) is 11.5 Å². The molecule has 1 aromatic rings. The number of nitrogens with one attached hydrogen (secondary N) is 1. The van der Waals surface area contributed by atoms with Gasteiger partial charge in [-0.3, -0.25) is 9.59 Å². The van der Waals surface area contributed by atoms with Gasteiger partial charge >= 0.3 is 0 Å². The van der Waals surface area contributed by atoms with Crippen LogP contribution in [0.2, 0.25) is 0 Å². The highest BCUT2D eigenvalue weighted by atomic mass is 16.5. The zero-order valence-corrected chi connectivity index (χ0v) is 14.6. The lowest BCUT2D eigenvalue weighted by Crippen LogP contribution is -2.23. The second-order valence-electron chi connectivity index (χ2n) is 6.57. The molecule has 5 heteroatoms. The number of carbonyl (C=O) groups excluding carboxylic acids is 2. The molecule has 2 unspecified atom stereocenters. The summed E-state index contributed by atoms with van der Waals surface area (Å²) in [5.41, 5.74) is 3.03. The van der Waals surface area contributed by atoms with Crippen LogP contribution in [-0.4, -0.2) is 32.5 Å². The number of methoxy groups -OCH3 is 2. The molecular weight excluding hydrogens is 306 g/mol. The number of ether oxygens (including phenoxy) is 2. The number of hydrogen-bond acceptors (Lipinski definition) is 4. The van der Waals surface area contributed by atoms with Crippen LogP contribution in [0.4, 0.5) is 0 Å². The lowest BCUT2D eigenvalue weighted by molar-refractivity contribution is -0.120. The number of Topliss-reactive ketones (excluding diaryl/α,β-unsaturated/α-hetero) is 1. The van der Waals surface area contributed by atoms with Crippen LogP contribution in [-0.2, 0) is 4.79 Å². The van der Waals surface area contributed by atoms with E-state index in [1.807, 2.05) is 13.0 Å². The minimum absolute atomic E-state index is 0.0270. The van der Waals surface area contributed by atoms with Crippen molar-refractivity contribution >= 4 is 11.7 Å². The number of rotatable bonds is 7. The first-order chi connectivity index (χ1) is 11.6. The number of fused-ring (bicyclic) bond motifs is 5. The van der Waals surface area contributed by atoms with Crippen molar-refractivity contribution in [3.05, 3.63) is 22.8 Å². The van der Waals surface area contributed by atoms with Crippen LogP contribution in [0.5, 0.6) is 11.5 Å². The molecule has 0 radical (unpaired) electrons. The van der Waals surface area contributed by atoms with Gasteiger partial charge < -0.3 is 14.8 Å². The maximum Gasteiger partial charge on any atom is 0.220 e. The molecule has 24 heavy (non-hydrogen) atoms. The predicted octanol–water partition coefficient (Wildman–Crippen LogP) is 3.17. The highest BCUT2D eigenvalue weighted by molar-refractivity contribution is 6.03. The molecule has 1 fully saturated rings. The lowest BCUT2D eigenvalue weighted by Gasteiger charge is -2.22. The van der Waals surface area contributed by atoms with E-state index in [2.05, 4.69) is 5.32 Å². The SMILES string of the molecule is CCNC(=O)CCC(=O)c1c(OC)c(OC)cc2c1C1CCC2C1. The standard InChI is InChI=1S/C19H25NO4/c1-4-20-16(22)8-7-14(21)18-17-12-6-5-11(9-12)13(17)10-15(23-2)19(18)24-3/h10-12H,4-9H2,1-3H3,(H,20,22). The van der Waals surface area contributed by atoms with Crippen LogP contribution in [0.15, 0.2) is 6.07 Å². The molecule has 130 valence electrons. The van der Waals surface area contributed by atoms with Gasteiger partial charge in [0.1, 0.15) is 0 Å². The predicted molar refractivity (Wildman–Crippen MR) is 91.1 cm³/mol. The molecule has 0 aliphatic heterocycles. The Morgan fingerprint density at radius 3 is 2.58 bits per heavy atom. The van der Waals surface area contributed by atoms with E-state index in [1.165, 1.54) is 12.0 Å². The van der Waals surface area contributed by atoms with E-state index in [4.69, 9.17) is 9.47 Å². The zero-order valence-electron chi connectivity index (χ0n) is 14.6. The minimum atomic E-state index is -0.0918. The van der Waals surface area contributed by atoms with Gasteiger partial charge in [0.25, 0.3) is 0 Å². The average Bonchev–Trinajstić information content (AvgIpc) is 3.20. The van der Waals surface area contributed by atoms with Crippen LogP contribution in [0.3, 0.4) is 0 Å². The fraction of sp³-hybridized carbons (Fsp3) is 0.579. The maximum absolute atomic E-state index is 12.9. The topological polar surface area (TPSA) is 64.6 Å². The number of amides is 1. The Morgan fingerprint density at radius 1 is 1.17 bits per heavy atom. The quantitative estimate of drug-likeness (QED) is 0.780. The second kappa shape index (κ2) is 6.83. The summed E-state index contributed by atoms with van der Waals surface area (Å²) in [5.74, 6) is 1.98. The summed E-state index contributed by atoms with van der Waals surface area (Å²) < 4.78 is 11.0. The molecule has 0 aromatic heterocycles. The van der Waals surface area contributed by atoms with Crippen molar-refractivity contribution in [1.82, 2.24) is 5.32 Å². The smallest absolute Gasteiger partial charge is 0.220 e. The molecule has 3 rings (SSSR count). The average molecular weight is 331 g/mol. The fourth-order valence-corrected chi connectivity index (χ4v) is 4.25. The Bertz CT molecular complexity index is 668. The van der Waals surface area contributed by atoms with Gasteiger partial charge in [-0.1, -0.05) is 0 Å². The van der Waals surface area contributed by atoms with Crippen molar-refractivity contribution in [1.29, 1.82) is 0 Å². The molecule has 0 heterocycles. The molecule has 1 aromatic carbocycles. The van der Waals surface area contributed by atoms with Gasteiger partial charge in [0, 0.05) is 19.4 Å². The minimum Gasteiger partial charge on any atom is -0.493 e. The normalized spacial score (nSPS) is 20.6. The fourth-order valence-electron chi connectivity index (χ4n) is 4.25. The molecule has 5 nitrogen and oxygen atoms in total. The first kappa shape index (κ1) is 16.8. The van der Waals surface area contributed by atoms with E-state index in [-0.39, 0.29) is 24.5 Å². The summed E-state index contributed by atoms with van der Waals surface area (Å²) in [5, 5.41) is 2.74. The Labute approximate surface area is 142 Å². The van der Waals surface area contributed by atoms with Gasteiger partial charge in [-0.05, 0) is 55.2 Å². The largest absolute Gasteiger partial charge is 0.493 e. The number of carbonyl (C=O) groups is 2. The summed E-state index contributed by atoms with van der Waals surface area (Å²) in [6.45, 7) is 2.45. The molecule has 2 atom stereocenters. The van der Waals surface area contributed by atoms with Crippen LogP contribution in [0, 0.1) is 0 Å². The van der Waals surface area contributed by atoms with Crippen LogP contribution in [0.1, 0.15) is 72.3 Å². The van der Waals surface area contributed by atoms with E-state index >= 15 is 0 Å². The van der Waals surface area contributed by atoms with Gasteiger partial charge in [0.05, 0.1) is 19.8 Å². The van der Waals surface area contributed by atoms with Crippen molar-refractivity contribution in [2.24, 2.45) is 0 Å². The van der Waals surface area contributed by atoms with E-state index < -0.39 is 0 Å². The van der Waals surface area contributed by atoms with Crippen LogP contribution in [0.25, 0.3) is 0 Å². The molecule has 1 N–H and O–H groups in total. The van der Waals surface area contributed by atoms with Gasteiger partial charge in [-0.25, -0.2) is 0 Å². The third-order valence-electron chi connectivity index (χ3n) is 5.25. The van der Waals surface area contributed by atoms with E-state index in [1.54, 1.807) is 14.2 Å². The zero-order chi connectivity index (χ0) is 17.3. The molecule has 2 aliphatic carbocycles. The highest BCUT2D eigenvalue weighted by Crippen LogP contribution is 2.57. The monoisotopic (exact) mass is 331 g/mol. The van der Waals surface area contributed by atoms with E-state index in [9.17, 15) is 9.59 Å². The van der Waals surface area contributed by atoms with Crippen LogP contribution < -0.4 is 14.8 Å². The maximum atomic E-state index is 12.9. The molecule has 1 amide bonds. The van der Waals surface area contributed by atoms with Crippen molar-refractivity contribution in [3.63, 3.8) is 0 Å². The van der Waals surface area contributed by atoms with E-state index in [0.29, 0.717) is 35.4 Å². The van der Waals surface area contributed by atoms with Gasteiger partial charge in [0.15, 0.2) is 17.3 Å². The number of ketones is 1. The Kier molecular flexibility index (Phi) is 4.78. The molecule has 2 bridgehead atoms. The van der Waals surface area contributed by atoms with Gasteiger partial charge in [0.2, 0.25) is 5.91 Å². The van der Waals surface area contributed by atoms with E-state index in [0.717, 1.165) is 18.4 Å². The summed E-state index contributed by atoms with van der Waals surface area (Å²) in [4.78, 5) is 24.6. The Hall–Kier alpha value is -2.04. The third kappa shape index (κ3) is 2.76. The Morgan fingerprint density at radius 2 is 1.92 bits per heavy atom. The summed E-state index contributed by atoms with van der Waals surface area (Å²) in [6, 6.07) is 2.04. The van der Waals surface area contributed by atoms with Crippen molar-refractivity contribution < 1.29 is 19.1 Å². The van der Waals surface area contributed by atoms with Crippen LogP contribution >= 0.6 is 0 Å². The van der Waals surface area contributed by atoms with Gasteiger partial charge in [-0.15, -0.1) is 0 Å². The van der Waals surface area contributed by atoms with Crippen molar-refractivity contribution in [2.45, 2.75) is 50.9 Å². The second-order valence-corrected chi connectivity index (χ2v) is 6.57. The molecule has 0 spiro atoms. The first-order valence-electron chi connectivity index (χ1n) is 8.69. The summed E-state index contributed by atoms with van der Waals surface area (Å²) in [6.07, 6.45) is 3.82. The molecule has 1 saturated carbocycles. The molecule has 2 aliphatic rings. The van der Waals surface area contributed by atoms with Crippen molar-refractivity contribution in [2.75, 3.05) is 20.8 Å². The summed E-state index contributed by atoms with van der Waals surface area (Å²) in [7, 11) is 3.17. The highest BCUT2D eigenvalue weighted by Gasteiger charge is 2.41. The summed E-state index contributed by atoms with van der Waals surface area (Å²) >= 11 is 0. The lowest BCUT2D eigenvalue weighted by atomic mass is 9.85. The first-order valence-corrected chi connectivity index (χ1v) is 8.69. The molecule has 0 saturated heterocycles. The van der Waals surface area contributed by atoms with Gasteiger partial charge in [-0.2, -0.15) is 0 Å². The number of benzene rings is 1. The number of hydrogen-bond donors (Lipinski definition) is 1.